The summed E-state index contributed by atoms with van der Waals surface area (Å²) in [6.07, 6.45) is -16.9. The molecule has 2 fully saturated rings. The van der Waals surface area contributed by atoms with Crippen LogP contribution in [0.5, 0.6) is 5.75 Å². The number of aliphatic hydroxyl groups is 7. The van der Waals surface area contributed by atoms with Gasteiger partial charge >= 0.3 is 11.4 Å². The quantitative estimate of drug-likeness (QED) is 0.133. The van der Waals surface area contributed by atoms with Crippen LogP contribution in [-0.4, -0.2) is 120 Å². The number of ether oxygens (including phenoxy) is 4. The van der Waals surface area contributed by atoms with Gasteiger partial charge in [0.05, 0.1) is 29.1 Å². The van der Waals surface area contributed by atoms with E-state index in [2.05, 4.69) is 0 Å². The minimum Gasteiger partial charge on any atom is -0.462 e. The summed E-state index contributed by atoms with van der Waals surface area (Å²) in [6, 6.07) is 2.51. The molecule has 3 rings (SSSR count). The van der Waals surface area contributed by atoms with Crippen LogP contribution in [0, 0.1) is 20.2 Å². The number of nitro groups is 2. The fourth-order valence-corrected chi connectivity index (χ4v) is 3.66. The third-order valence-corrected chi connectivity index (χ3v) is 5.55. The van der Waals surface area contributed by atoms with Crippen molar-refractivity contribution in [3.8, 4) is 5.75 Å². The highest BCUT2D eigenvalue weighted by atomic mass is 16.7. The van der Waals surface area contributed by atoms with Crippen molar-refractivity contribution in [2.45, 2.75) is 61.4 Å². The molecule has 0 aromatic heterocycles. The van der Waals surface area contributed by atoms with Gasteiger partial charge < -0.3 is 54.7 Å². The zero-order chi connectivity index (χ0) is 26.0. The van der Waals surface area contributed by atoms with E-state index in [0.717, 1.165) is 12.1 Å². The van der Waals surface area contributed by atoms with Gasteiger partial charge in [0, 0.05) is 6.07 Å². The Hall–Kier alpha value is -2.58. The van der Waals surface area contributed by atoms with Crippen LogP contribution in [0.3, 0.4) is 0 Å². The summed E-state index contributed by atoms with van der Waals surface area (Å²) < 4.78 is 21.3. The second kappa shape index (κ2) is 11.0. The number of aliphatic hydroxyl groups excluding tert-OH is 7. The molecule has 2 saturated heterocycles. The maximum atomic E-state index is 11.1. The minimum atomic E-state index is -1.90. The number of nitro benzene ring substituents is 2. The first-order chi connectivity index (χ1) is 16.5. The normalized spacial score (nSPS) is 37.6. The SMILES string of the molecule is O=[N+]([O-])c1ccc(O[C@@H]2O[C@@H](CO)[C@@H](O[C@@H]3O[C@@H](CO)[C@@H](O)[C@@H](O)[C@H]3O)[C@@H](O)[C@H]2O)cc1[N+](=O)[O-]. The zero-order valence-electron chi connectivity index (χ0n) is 17.7. The maximum Gasteiger partial charge on any atom is 0.349 e. The van der Waals surface area contributed by atoms with Gasteiger partial charge in [-0.1, -0.05) is 0 Å². The van der Waals surface area contributed by atoms with Gasteiger partial charge in [0.15, 0.2) is 6.29 Å². The Morgan fingerprint density at radius 1 is 0.771 bits per heavy atom. The smallest absolute Gasteiger partial charge is 0.349 e. The summed E-state index contributed by atoms with van der Waals surface area (Å²) in [4.78, 5) is 20.1. The number of hydrogen-bond acceptors (Lipinski definition) is 15. The number of rotatable bonds is 8. The molecule has 1 aromatic rings. The number of hydrogen-bond donors (Lipinski definition) is 7. The molecule has 196 valence electrons. The van der Waals surface area contributed by atoms with Crippen molar-refractivity contribution < 1.29 is 64.5 Å². The molecule has 0 aliphatic carbocycles. The lowest BCUT2D eigenvalue weighted by Crippen LogP contribution is -2.65. The third-order valence-electron chi connectivity index (χ3n) is 5.55. The van der Waals surface area contributed by atoms with E-state index in [-0.39, 0.29) is 5.75 Å². The highest BCUT2D eigenvalue weighted by Crippen LogP contribution is 2.34. The lowest BCUT2D eigenvalue weighted by molar-refractivity contribution is -0.422. The summed E-state index contributed by atoms with van der Waals surface area (Å²) >= 11 is 0. The lowest BCUT2D eigenvalue weighted by atomic mass is 9.97. The second-order valence-electron chi connectivity index (χ2n) is 7.79. The molecule has 0 saturated carbocycles. The molecular formula is C18H24N2O15. The summed E-state index contributed by atoms with van der Waals surface area (Å²) in [5, 5.41) is 91.9. The zero-order valence-corrected chi connectivity index (χ0v) is 17.7. The van der Waals surface area contributed by atoms with E-state index in [4.69, 9.17) is 18.9 Å². The summed E-state index contributed by atoms with van der Waals surface area (Å²) in [5.41, 5.74) is -1.71. The highest BCUT2D eigenvalue weighted by Gasteiger charge is 2.51. The molecular weight excluding hydrogens is 484 g/mol. The van der Waals surface area contributed by atoms with E-state index < -0.39 is 95.8 Å². The molecule has 2 aliphatic heterocycles. The molecule has 0 bridgehead atoms. The monoisotopic (exact) mass is 508 g/mol. The molecule has 0 amide bonds. The first kappa shape index (κ1) is 27.0. The molecule has 2 heterocycles. The number of nitrogens with zero attached hydrogens (tertiary/aromatic N) is 2. The molecule has 17 heteroatoms. The van der Waals surface area contributed by atoms with Gasteiger partial charge in [0.1, 0.15) is 54.6 Å². The molecule has 0 spiro atoms. The van der Waals surface area contributed by atoms with Crippen molar-refractivity contribution in [2.24, 2.45) is 0 Å². The maximum absolute atomic E-state index is 11.1. The van der Waals surface area contributed by atoms with E-state index in [1.807, 2.05) is 0 Å². The first-order valence-electron chi connectivity index (χ1n) is 10.2. The molecule has 0 unspecified atom stereocenters. The summed E-state index contributed by atoms with van der Waals surface area (Å²) in [5.74, 6) is -0.330. The average molecular weight is 508 g/mol. The Labute approximate surface area is 195 Å². The Kier molecular flexibility index (Phi) is 8.49. The molecule has 17 nitrogen and oxygen atoms in total. The van der Waals surface area contributed by atoms with Gasteiger partial charge in [0.25, 0.3) is 0 Å². The Morgan fingerprint density at radius 2 is 1.34 bits per heavy atom. The van der Waals surface area contributed by atoms with Gasteiger partial charge in [0.2, 0.25) is 6.29 Å². The molecule has 10 atom stereocenters. The molecule has 2 aliphatic rings. The lowest BCUT2D eigenvalue weighted by Gasteiger charge is -2.45. The van der Waals surface area contributed by atoms with Crippen LogP contribution >= 0.6 is 0 Å². The van der Waals surface area contributed by atoms with Gasteiger partial charge in [-0.15, -0.1) is 0 Å². The van der Waals surface area contributed by atoms with Crippen molar-refractivity contribution in [3.05, 3.63) is 38.4 Å². The van der Waals surface area contributed by atoms with Crippen LogP contribution in [0.25, 0.3) is 0 Å². The Morgan fingerprint density at radius 3 is 1.91 bits per heavy atom. The molecule has 35 heavy (non-hydrogen) atoms. The van der Waals surface area contributed by atoms with Gasteiger partial charge in [-0.05, 0) is 6.07 Å². The fourth-order valence-electron chi connectivity index (χ4n) is 3.66. The average Bonchev–Trinajstić information content (AvgIpc) is 2.83. The van der Waals surface area contributed by atoms with E-state index in [0.29, 0.717) is 6.07 Å². The van der Waals surface area contributed by atoms with Crippen LogP contribution in [0.4, 0.5) is 11.4 Å². The van der Waals surface area contributed by atoms with Crippen molar-refractivity contribution >= 4 is 11.4 Å². The van der Waals surface area contributed by atoms with Crippen LogP contribution in [0.2, 0.25) is 0 Å². The van der Waals surface area contributed by atoms with Crippen molar-refractivity contribution in [3.63, 3.8) is 0 Å². The van der Waals surface area contributed by atoms with Crippen molar-refractivity contribution in [1.29, 1.82) is 0 Å². The third kappa shape index (κ3) is 5.48. The standard InChI is InChI=1S/C18H24N2O15/c21-4-9-11(23)12(24)14(26)18(33-9)35-16-10(5-22)34-17(15(27)13(16)25)32-6-1-2-7(19(28)29)8(3-6)20(30)31/h1-3,9-18,21-27H,4-5H2/t9-,10-,11+,12+,13-,14+,15+,16+,17+,18-/m0/s1. The van der Waals surface area contributed by atoms with Crippen LogP contribution in [0.1, 0.15) is 0 Å². The fraction of sp³-hybridized carbons (Fsp3) is 0.667. The van der Waals surface area contributed by atoms with E-state index in [9.17, 15) is 56.0 Å². The van der Waals surface area contributed by atoms with Crippen LogP contribution in [-0.2, 0) is 14.2 Å². The predicted molar refractivity (Wildman–Crippen MR) is 107 cm³/mol. The Bertz CT molecular complexity index is 914. The summed E-state index contributed by atoms with van der Waals surface area (Å²) in [7, 11) is 0. The minimum absolute atomic E-state index is 0.330. The van der Waals surface area contributed by atoms with Crippen molar-refractivity contribution in [2.75, 3.05) is 13.2 Å². The second-order valence-corrected chi connectivity index (χ2v) is 7.79. The van der Waals surface area contributed by atoms with Crippen LogP contribution < -0.4 is 4.74 Å². The predicted octanol–water partition coefficient (Wildman–Crippen LogP) is -3.49. The van der Waals surface area contributed by atoms with E-state index >= 15 is 0 Å². The molecule has 7 N–H and O–H groups in total. The van der Waals surface area contributed by atoms with Crippen molar-refractivity contribution in [1.82, 2.24) is 0 Å². The largest absolute Gasteiger partial charge is 0.462 e. The molecule has 0 radical (unpaired) electrons. The van der Waals surface area contributed by atoms with Gasteiger partial charge in [-0.25, -0.2) is 0 Å². The van der Waals surface area contributed by atoms with E-state index in [1.165, 1.54) is 0 Å². The Balaban J connectivity index is 1.76. The van der Waals surface area contributed by atoms with Gasteiger partial charge in [-0.2, -0.15) is 0 Å². The summed E-state index contributed by atoms with van der Waals surface area (Å²) in [6.45, 7) is -1.58. The molecule has 1 aromatic carbocycles. The number of benzene rings is 1. The topological polar surface area (TPSA) is 265 Å². The highest BCUT2D eigenvalue weighted by molar-refractivity contribution is 5.55. The van der Waals surface area contributed by atoms with Crippen LogP contribution in [0.15, 0.2) is 18.2 Å². The van der Waals surface area contributed by atoms with E-state index in [1.54, 1.807) is 0 Å². The first-order valence-corrected chi connectivity index (χ1v) is 10.2. The van der Waals surface area contributed by atoms with Gasteiger partial charge in [-0.3, -0.25) is 20.2 Å².